The van der Waals surface area contributed by atoms with Crippen LogP contribution in [0.2, 0.25) is 0 Å². The Morgan fingerprint density at radius 2 is 1.83 bits per heavy atom. The number of rotatable bonds is 5. The first-order valence-electron chi connectivity index (χ1n) is 7.14. The van der Waals surface area contributed by atoms with Crippen molar-refractivity contribution in [3.05, 3.63) is 64.7 Å². The molecule has 2 N–H and O–H groups in total. The van der Waals surface area contributed by atoms with Crippen molar-refractivity contribution < 1.29 is 13.2 Å². The molecule has 2 aromatic rings. The van der Waals surface area contributed by atoms with Crippen LogP contribution in [0.3, 0.4) is 0 Å². The van der Waals surface area contributed by atoms with Gasteiger partial charge in [-0.1, -0.05) is 18.2 Å². The average Bonchev–Trinajstić information content (AvgIpc) is 2.54. The summed E-state index contributed by atoms with van der Waals surface area (Å²) in [5.41, 5.74) is 2.89. The summed E-state index contributed by atoms with van der Waals surface area (Å²) in [6, 6.07) is 13.8. The van der Waals surface area contributed by atoms with E-state index in [-0.39, 0.29) is 5.91 Å². The third-order valence-corrected chi connectivity index (χ3v) is 3.92. The minimum atomic E-state index is -3.41. The largest absolute Gasteiger partial charge is 0.348 e. The van der Waals surface area contributed by atoms with Gasteiger partial charge >= 0.3 is 0 Å². The van der Waals surface area contributed by atoms with Crippen molar-refractivity contribution in [3.63, 3.8) is 0 Å². The number of amides is 1. The summed E-state index contributed by atoms with van der Waals surface area (Å²) in [7, 11) is -3.41. The molecule has 0 saturated heterocycles. The molecular weight excluding hydrogens is 326 g/mol. The van der Waals surface area contributed by atoms with Gasteiger partial charge in [0.25, 0.3) is 5.91 Å². The Hall–Kier alpha value is -2.85. The van der Waals surface area contributed by atoms with Crippen molar-refractivity contribution in [2.45, 2.75) is 13.5 Å². The molecule has 0 heterocycles. The van der Waals surface area contributed by atoms with Crippen molar-refractivity contribution in [1.82, 2.24) is 5.32 Å². The Labute approximate surface area is 141 Å². The molecule has 0 unspecified atom stereocenters. The highest BCUT2D eigenvalue weighted by Crippen LogP contribution is 2.18. The summed E-state index contributed by atoms with van der Waals surface area (Å²) in [6.45, 7) is 2.07. The van der Waals surface area contributed by atoms with E-state index < -0.39 is 10.0 Å². The number of nitriles is 1. The van der Waals surface area contributed by atoms with E-state index in [4.69, 9.17) is 5.26 Å². The maximum absolute atomic E-state index is 12.2. The Bertz CT molecular complexity index is 898. The van der Waals surface area contributed by atoms with E-state index in [1.165, 1.54) is 6.07 Å². The molecule has 2 rings (SSSR count). The van der Waals surface area contributed by atoms with Gasteiger partial charge < -0.3 is 5.32 Å². The van der Waals surface area contributed by atoms with Gasteiger partial charge in [0.2, 0.25) is 10.0 Å². The van der Waals surface area contributed by atoms with E-state index in [9.17, 15) is 13.2 Å². The van der Waals surface area contributed by atoms with Crippen LogP contribution < -0.4 is 10.0 Å². The molecule has 0 spiro atoms. The van der Waals surface area contributed by atoms with E-state index in [0.717, 1.165) is 17.4 Å². The number of anilines is 1. The fourth-order valence-corrected chi connectivity index (χ4v) is 2.67. The highest BCUT2D eigenvalue weighted by molar-refractivity contribution is 7.92. The first-order valence-corrected chi connectivity index (χ1v) is 9.03. The molecule has 0 aliphatic rings. The second kappa shape index (κ2) is 7.15. The second-order valence-electron chi connectivity index (χ2n) is 5.40. The highest BCUT2D eigenvalue weighted by atomic mass is 32.2. The highest BCUT2D eigenvalue weighted by Gasteiger charge is 2.10. The summed E-state index contributed by atoms with van der Waals surface area (Å²) in [5.74, 6) is -0.309. The number of hydrogen-bond donors (Lipinski definition) is 2. The van der Waals surface area contributed by atoms with Gasteiger partial charge in [0.15, 0.2) is 0 Å². The molecule has 0 aliphatic carbocycles. The average molecular weight is 343 g/mol. The molecule has 0 saturated carbocycles. The number of hydrogen-bond acceptors (Lipinski definition) is 4. The summed E-state index contributed by atoms with van der Waals surface area (Å²) >= 11 is 0. The summed E-state index contributed by atoms with van der Waals surface area (Å²) in [5, 5.41) is 11.5. The molecule has 0 fully saturated rings. The predicted octanol–water partition coefficient (Wildman–Crippen LogP) is 2.17. The normalized spacial score (nSPS) is 10.7. The predicted molar refractivity (Wildman–Crippen MR) is 92.0 cm³/mol. The first kappa shape index (κ1) is 17.5. The smallest absolute Gasteiger partial charge is 0.251 e. The fraction of sp³-hybridized carbons (Fsp3) is 0.176. The first-order chi connectivity index (χ1) is 11.3. The van der Waals surface area contributed by atoms with Crippen LogP contribution in [-0.2, 0) is 16.6 Å². The molecule has 6 nitrogen and oxygen atoms in total. The van der Waals surface area contributed by atoms with Crippen LogP contribution in [0.1, 0.15) is 27.0 Å². The Morgan fingerprint density at radius 1 is 1.17 bits per heavy atom. The minimum absolute atomic E-state index is 0.309. The fourth-order valence-electron chi connectivity index (χ4n) is 2.05. The molecule has 1 amide bonds. The number of aryl methyl sites for hydroxylation is 1. The van der Waals surface area contributed by atoms with Crippen LogP contribution in [0.15, 0.2) is 42.5 Å². The van der Waals surface area contributed by atoms with Crippen LogP contribution in [0.5, 0.6) is 0 Å². The van der Waals surface area contributed by atoms with Crippen LogP contribution >= 0.6 is 0 Å². The standard InChI is InChI=1S/C17H17N3O3S/c1-12-3-8-15(9-16(12)20-24(2,22)23)17(21)19-11-14-6-4-13(10-18)5-7-14/h3-9,20H,11H2,1-2H3,(H,19,21). The number of nitrogens with zero attached hydrogens (tertiary/aromatic N) is 1. The van der Waals surface area contributed by atoms with Crippen LogP contribution in [0, 0.1) is 18.3 Å². The lowest BCUT2D eigenvalue weighted by Crippen LogP contribution is -2.23. The molecular formula is C17H17N3O3S. The molecule has 2 aromatic carbocycles. The lowest BCUT2D eigenvalue weighted by atomic mass is 10.1. The third-order valence-electron chi connectivity index (χ3n) is 3.33. The molecule has 0 bridgehead atoms. The van der Waals surface area contributed by atoms with Gasteiger partial charge in [-0.25, -0.2) is 8.42 Å². The van der Waals surface area contributed by atoms with E-state index in [0.29, 0.717) is 23.4 Å². The molecule has 24 heavy (non-hydrogen) atoms. The number of benzene rings is 2. The second-order valence-corrected chi connectivity index (χ2v) is 7.14. The number of nitrogens with one attached hydrogen (secondary N) is 2. The maximum atomic E-state index is 12.2. The number of carbonyl (C=O) groups excluding carboxylic acids is 1. The van der Waals surface area contributed by atoms with Gasteiger partial charge in [-0.2, -0.15) is 5.26 Å². The number of carbonyl (C=O) groups is 1. The Morgan fingerprint density at radius 3 is 2.42 bits per heavy atom. The quantitative estimate of drug-likeness (QED) is 0.869. The molecule has 124 valence electrons. The van der Waals surface area contributed by atoms with E-state index in [1.807, 2.05) is 6.07 Å². The van der Waals surface area contributed by atoms with E-state index in [1.54, 1.807) is 43.3 Å². The van der Waals surface area contributed by atoms with Crippen molar-refractivity contribution in [2.75, 3.05) is 11.0 Å². The van der Waals surface area contributed by atoms with Crippen molar-refractivity contribution >= 4 is 21.6 Å². The zero-order valence-electron chi connectivity index (χ0n) is 13.3. The Kier molecular flexibility index (Phi) is 5.21. The zero-order chi connectivity index (χ0) is 17.7. The van der Waals surface area contributed by atoms with Gasteiger partial charge in [-0.3, -0.25) is 9.52 Å². The molecule has 0 radical (unpaired) electrons. The molecule has 0 aromatic heterocycles. The van der Waals surface area contributed by atoms with Crippen LogP contribution in [0.4, 0.5) is 5.69 Å². The Balaban J connectivity index is 2.09. The summed E-state index contributed by atoms with van der Waals surface area (Å²) in [6.07, 6.45) is 1.06. The molecule has 0 aliphatic heterocycles. The maximum Gasteiger partial charge on any atom is 0.251 e. The number of sulfonamides is 1. The van der Waals surface area contributed by atoms with E-state index >= 15 is 0 Å². The molecule has 0 atom stereocenters. The lowest BCUT2D eigenvalue weighted by Gasteiger charge is -2.10. The van der Waals surface area contributed by atoms with Crippen molar-refractivity contribution in [3.8, 4) is 6.07 Å². The van der Waals surface area contributed by atoms with Gasteiger partial charge in [0, 0.05) is 12.1 Å². The van der Waals surface area contributed by atoms with Gasteiger partial charge in [-0.15, -0.1) is 0 Å². The molecule has 7 heteroatoms. The van der Waals surface area contributed by atoms with Crippen LogP contribution in [-0.4, -0.2) is 20.6 Å². The van der Waals surface area contributed by atoms with Crippen LogP contribution in [0.25, 0.3) is 0 Å². The van der Waals surface area contributed by atoms with Crippen molar-refractivity contribution in [2.24, 2.45) is 0 Å². The SMILES string of the molecule is Cc1ccc(C(=O)NCc2ccc(C#N)cc2)cc1NS(C)(=O)=O. The minimum Gasteiger partial charge on any atom is -0.348 e. The van der Waals surface area contributed by atoms with Gasteiger partial charge in [0.05, 0.1) is 23.6 Å². The topological polar surface area (TPSA) is 99.1 Å². The zero-order valence-corrected chi connectivity index (χ0v) is 14.1. The van der Waals surface area contributed by atoms with Gasteiger partial charge in [0.1, 0.15) is 0 Å². The van der Waals surface area contributed by atoms with Crippen molar-refractivity contribution in [1.29, 1.82) is 5.26 Å². The van der Waals surface area contributed by atoms with Gasteiger partial charge in [-0.05, 0) is 42.3 Å². The third kappa shape index (κ3) is 4.83. The lowest BCUT2D eigenvalue weighted by molar-refractivity contribution is 0.0951. The van der Waals surface area contributed by atoms with E-state index in [2.05, 4.69) is 10.0 Å². The monoisotopic (exact) mass is 343 g/mol. The summed E-state index contributed by atoms with van der Waals surface area (Å²) < 4.78 is 25.1. The summed E-state index contributed by atoms with van der Waals surface area (Å²) in [4.78, 5) is 12.2.